The Morgan fingerprint density at radius 3 is 2.36 bits per heavy atom. The second-order valence-electron chi connectivity index (χ2n) is 6.29. The molecule has 0 atom stereocenters. The van der Waals surface area contributed by atoms with Crippen molar-refractivity contribution in [3.63, 3.8) is 0 Å². The Hall–Kier alpha value is -1.69. The number of benzene rings is 1. The highest BCUT2D eigenvalue weighted by atomic mass is 19.3. The summed E-state index contributed by atoms with van der Waals surface area (Å²) in [6.07, 6.45) is 8.24. The number of allylic oxidation sites excluding steroid dienone is 1. The summed E-state index contributed by atoms with van der Waals surface area (Å²) in [5, 5.41) is 8.76. The van der Waals surface area contributed by atoms with E-state index in [1.54, 1.807) is 0 Å². The molecule has 1 nitrogen and oxygen atoms in total. The molecule has 0 spiro atoms. The Balaban J connectivity index is 1.61. The number of nitriles is 1. The number of hydrogen-bond acceptors (Lipinski definition) is 1. The van der Waals surface area contributed by atoms with Gasteiger partial charge in [-0.15, -0.1) is 0 Å². The topological polar surface area (TPSA) is 23.8 Å². The summed E-state index contributed by atoms with van der Waals surface area (Å²) in [7, 11) is 0. The average molecular weight is 303 g/mol. The third-order valence-corrected chi connectivity index (χ3v) is 4.66. The number of hydrogen-bond donors (Lipinski definition) is 0. The van der Waals surface area contributed by atoms with E-state index in [4.69, 9.17) is 5.26 Å². The molecule has 0 amide bonds. The van der Waals surface area contributed by atoms with Gasteiger partial charge in [-0.05, 0) is 74.1 Å². The van der Waals surface area contributed by atoms with Gasteiger partial charge in [-0.1, -0.05) is 25.0 Å². The highest BCUT2D eigenvalue weighted by molar-refractivity contribution is 5.31. The summed E-state index contributed by atoms with van der Waals surface area (Å²) >= 11 is 0. The lowest BCUT2D eigenvalue weighted by atomic mass is 9.80. The van der Waals surface area contributed by atoms with Gasteiger partial charge in [0.15, 0.2) is 0 Å². The van der Waals surface area contributed by atoms with Crippen LogP contribution in [0.3, 0.4) is 0 Å². The van der Waals surface area contributed by atoms with Crippen molar-refractivity contribution in [1.82, 2.24) is 0 Å². The third kappa shape index (κ3) is 5.60. The first-order valence-electron chi connectivity index (χ1n) is 8.19. The molecule has 0 aliphatic heterocycles. The molecular formula is C19H23F2N. The smallest absolute Gasteiger partial charge is 0.192 e. The Bertz CT molecular complexity index is 515. The Kier molecular flexibility index (Phi) is 6.58. The lowest BCUT2D eigenvalue weighted by Gasteiger charge is -2.26. The van der Waals surface area contributed by atoms with Gasteiger partial charge in [0.05, 0.1) is 11.6 Å². The minimum Gasteiger partial charge on any atom is -0.192 e. The van der Waals surface area contributed by atoms with Crippen molar-refractivity contribution in [2.24, 2.45) is 11.8 Å². The van der Waals surface area contributed by atoms with Gasteiger partial charge in [-0.25, -0.2) is 0 Å². The Morgan fingerprint density at radius 1 is 1.09 bits per heavy atom. The molecule has 22 heavy (non-hydrogen) atoms. The average Bonchev–Trinajstić information content (AvgIpc) is 2.53. The van der Waals surface area contributed by atoms with Crippen molar-refractivity contribution >= 4 is 0 Å². The van der Waals surface area contributed by atoms with Crippen LogP contribution in [0, 0.1) is 23.2 Å². The van der Waals surface area contributed by atoms with Crippen LogP contribution < -0.4 is 0 Å². The molecule has 1 fully saturated rings. The van der Waals surface area contributed by atoms with Crippen molar-refractivity contribution < 1.29 is 8.78 Å². The minimum absolute atomic E-state index is 0.0971. The van der Waals surface area contributed by atoms with Crippen LogP contribution >= 0.6 is 0 Å². The van der Waals surface area contributed by atoms with E-state index in [9.17, 15) is 8.78 Å². The van der Waals surface area contributed by atoms with Crippen LogP contribution in [0.15, 0.2) is 36.4 Å². The molecule has 0 radical (unpaired) electrons. The fourth-order valence-electron chi connectivity index (χ4n) is 3.33. The SMILES string of the molecule is N#Cc1ccc(CCCCC2CCC(C=C(F)F)CC2)cc1. The predicted molar refractivity (Wildman–Crippen MR) is 84.5 cm³/mol. The highest BCUT2D eigenvalue weighted by Gasteiger charge is 2.20. The molecule has 1 aromatic rings. The quantitative estimate of drug-likeness (QED) is 0.604. The molecule has 0 heterocycles. The summed E-state index contributed by atoms with van der Waals surface area (Å²) in [6, 6.07) is 9.93. The zero-order valence-corrected chi connectivity index (χ0v) is 12.9. The molecule has 1 saturated carbocycles. The van der Waals surface area contributed by atoms with Crippen LogP contribution in [-0.2, 0) is 6.42 Å². The van der Waals surface area contributed by atoms with Crippen molar-refractivity contribution in [3.8, 4) is 6.07 Å². The van der Waals surface area contributed by atoms with E-state index >= 15 is 0 Å². The molecule has 1 aliphatic carbocycles. The zero-order chi connectivity index (χ0) is 15.8. The monoisotopic (exact) mass is 303 g/mol. The zero-order valence-electron chi connectivity index (χ0n) is 12.9. The molecule has 1 aliphatic rings. The standard InChI is InChI=1S/C19H23F2N/c20-19(21)13-17-9-5-15(6-10-17)3-1-2-4-16-7-11-18(14-22)12-8-16/h7-8,11-13,15,17H,1-6,9-10H2. The molecule has 0 saturated heterocycles. The van der Waals surface area contributed by atoms with Gasteiger partial charge in [0.1, 0.15) is 0 Å². The Morgan fingerprint density at radius 2 is 1.77 bits per heavy atom. The number of nitrogens with zero attached hydrogens (tertiary/aromatic N) is 1. The second-order valence-corrected chi connectivity index (χ2v) is 6.29. The molecule has 1 aromatic carbocycles. The number of rotatable bonds is 6. The molecule has 3 heteroatoms. The van der Waals surface area contributed by atoms with Crippen LogP contribution in [0.25, 0.3) is 0 Å². The van der Waals surface area contributed by atoms with Crippen LogP contribution in [-0.4, -0.2) is 0 Å². The molecule has 2 rings (SSSR count). The summed E-state index contributed by atoms with van der Waals surface area (Å²) in [6.45, 7) is 0. The van der Waals surface area contributed by atoms with Crippen molar-refractivity contribution in [1.29, 1.82) is 5.26 Å². The lowest BCUT2D eigenvalue weighted by Crippen LogP contribution is -2.13. The van der Waals surface area contributed by atoms with E-state index in [1.165, 1.54) is 18.4 Å². The van der Waals surface area contributed by atoms with Crippen molar-refractivity contribution in [2.75, 3.05) is 0 Å². The number of aryl methyl sites for hydroxylation is 1. The van der Waals surface area contributed by atoms with Gasteiger partial charge in [0, 0.05) is 0 Å². The van der Waals surface area contributed by atoms with Gasteiger partial charge in [0.25, 0.3) is 6.08 Å². The van der Waals surface area contributed by atoms with Crippen molar-refractivity contribution in [3.05, 3.63) is 47.5 Å². The van der Waals surface area contributed by atoms with Crippen LogP contribution in [0.4, 0.5) is 8.78 Å². The van der Waals surface area contributed by atoms with Gasteiger partial charge in [-0.3, -0.25) is 0 Å². The Labute approximate surface area is 131 Å². The molecule has 0 N–H and O–H groups in total. The maximum absolute atomic E-state index is 12.2. The van der Waals surface area contributed by atoms with E-state index in [1.807, 2.05) is 24.3 Å². The maximum atomic E-state index is 12.2. The third-order valence-electron chi connectivity index (χ3n) is 4.66. The first kappa shape index (κ1) is 16.7. The lowest BCUT2D eigenvalue weighted by molar-refractivity contribution is 0.282. The van der Waals surface area contributed by atoms with Gasteiger partial charge < -0.3 is 0 Å². The minimum atomic E-state index is -1.52. The summed E-state index contributed by atoms with van der Waals surface area (Å²) in [5.41, 5.74) is 1.99. The highest BCUT2D eigenvalue weighted by Crippen LogP contribution is 2.33. The van der Waals surface area contributed by atoms with Crippen molar-refractivity contribution in [2.45, 2.75) is 51.4 Å². The first-order chi connectivity index (χ1) is 10.7. The first-order valence-corrected chi connectivity index (χ1v) is 8.19. The van der Waals surface area contributed by atoms with Gasteiger partial charge in [0.2, 0.25) is 0 Å². The van der Waals surface area contributed by atoms with Crippen LogP contribution in [0.5, 0.6) is 0 Å². The summed E-state index contributed by atoms with van der Waals surface area (Å²) < 4.78 is 24.4. The molecule has 118 valence electrons. The summed E-state index contributed by atoms with van der Waals surface area (Å²) in [5.74, 6) is 0.813. The van der Waals surface area contributed by atoms with Crippen LogP contribution in [0.1, 0.15) is 56.1 Å². The van der Waals surface area contributed by atoms with Crippen LogP contribution in [0.2, 0.25) is 0 Å². The normalized spacial score (nSPS) is 21.1. The fourth-order valence-corrected chi connectivity index (χ4v) is 3.33. The van der Waals surface area contributed by atoms with Gasteiger partial charge >= 0.3 is 0 Å². The molecule has 0 aromatic heterocycles. The van der Waals surface area contributed by atoms with E-state index in [2.05, 4.69) is 6.07 Å². The fraction of sp³-hybridized carbons (Fsp3) is 0.526. The maximum Gasteiger partial charge on any atom is 0.266 e. The van der Waals surface area contributed by atoms with E-state index in [0.29, 0.717) is 11.5 Å². The predicted octanol–water partition coefficient (Wildman–Crippen LogP) is 5.86. The van der Waals surface area contributed by atoms with E-state index < -0.39 is 6.08 Å². The number of unbranched alkanes of at least 4 members (excludes halogenated alkanes) is 1. The molecular weight excluding hydrogens is 280 g/mol. The van der Waals surface area contributed by atoms with E-state index in [0.717, 1.165) is 44.6 Å². The second kappa shape index (κ2) is 8.68. The summed E-state index contributed by atoms with van der Waals surface area (Å²) in [4.78, 5) is 0. The van der Waals surface area contributed by atoms with Gasteiger partial charge in [-0.2, -0.15) is 14.0 Å². The molecule has 0 unspecified atom stereocenters. The van der Waals surface area contributed by atoms with E-state index in [-0.39, 0.29) is 5.92 Å². The largest absolute Gasteiger partial charge is 0.266 e. The molecule has 0 bridgehead atoms. The number of halogens is 2.